The van der Waals surface area contributed by atoms with E-state index in [2.05, 4.69) is 5.32 Å². The molecule has 3 N–H and O–H groups in total. The highest BCUT2D eigenvalue weighted by atomic mass is 16.6. The van der Waals surface area contributed by atoms with Gasteiger partial charge in [-0.05, 0) is 18.2 Å². The van der Waals surface area contributed by atoms with Gasteiger partial charge in [-0.3, -0.25) is 4.79 Å². The zero-order valence-corrected chi connectivity index (χ0v) is 15.2. The van der Waals surface area contributed by atoms with Gasteiger partial charge in [0.1, 0.15) is 30.3 Å². The molecule has 0 saturated carbocycles. The van der Waals surface area contributed by atoms with Crippen LogP contribution in [-0.2, 0) is 9.53 Å². The molecule has 0 aromatic heterocycles. The third kappa shape index (κ3) is 3.73. The molecule has 0 aliphatic carbocycles. The summed E-state index contributed by atoms with van der Waals surface area (Å²) in [5.74, 6) is -0.892. The molecule has 8 heteroatoms. The highest BCUT2D eigenvalue weighted by molar-refractivity contribution is 6.04. The number of fused-ring (bicyclic) bond motifs is 2. The lowest BCUT2D eigenvalue weighted by Gasteiger charge is -2.19. The first-order valence-electron chi connectivity index (χ1n) is 8.83. The lowest BCUT2D eigenvalue weighted by molar-refractivity contribution is -0.119. The molecule has 4 rings (SSSR count). The van der Waals surface area contributed by atoms with Gasteiger partial charge in [0.15, 0.2) is 18.1 Å². The fraction of sp³-hybridized carbons (Fsp3) is 0.143. The van der Waals surface area contributed by atoms with Crippen molar-refractivity contribution in [2.45, 2.75) is 0 Å². The number of benzene rings is 3. The summed E-state index contributed by atoms with van der Waals surface area (Å²) in [6, 6.07) is 12.6. The SMILES string of the molecule is O=C(COC(=O)c1cc(O)c2ccccc2c1O)Nc1ccc2c(c1)OCCO2. The molecule has 0 saturated heterocycles. The molecule has 0 radical (unpaired) electrons. The van der Waals surface area contributed by atoms with Crippen molar-refractivity contribution in [1.82, 2.24) is 0 Å². The lowest BCUT2D eigenvalue weighted by atomic mass is 10.0. The van der Waals surface area contributed by atoms with Crippen LogP contribution in [0.3, 0.4) is 0 Å². The van der Waals surface area contributed by atoms with Gasteiger partial charge in [0, 0.05) is 22.5 Å². The average molecular weight is 395 g/mol. The number of phenols is 2. The molecule has 0 spiro atoms. The Hall–Kier alpha value is -3.94. The van der Waals surface area contributed by atoms with E-state index in [0.29, 0.717) is 41.2 Å². The van der Waals surface area contributed by atoms with Gasteiger partial charge >= 0.3 is 5.97 Å². The van der Waals surface area contributed by atoms with Crippen LogP contribution in [0.2, 0.25) is 0 Å². The van der Waals surface area contributed by atoms with E-state index in [1.807, 2.05) is 0 Å². The van der Waals surface area contributed by atoms with E-state index in [1.54, 1.807) is 42.5 Å². The number of nitrogens with one attached hydrogen (secondary N) is 1. The van der Waals surface area contributed by atoms with E-state index in [4.69, 9.17) is 14.2 Å². The van der Waals surface area contributed by atoms with Gasteiger partial charge in [-0.15, -0.1) is 0 Å². The van der Waals surface area contributed by atoms with Crippen LogP contribution in [0.25, 0.3) is 10.8 Å². The summed E-state index contributed by atoms with van der Waals surface area (Å²) in [6.45, 7) is 0.316. The van der Waals surface area contributed by atoms with E-state index in [-0.39, 0.29) is 17.1 Å². The molecule has 0 atom stereocenters. The summed E-state index contributed by atoms with van der Waals surface area (Å²) >= 11 is 0. The van der Waals surface area contributed by atoms with Gasteiger partial charge < -0.3 is 29.7 Å². The van der Waals surface area contributed by atoms with E-state index in [0.717, 1.165) is 6.07 Å². The van der Waals surface area contributed by atoms with Gasteiger partial charge in [-0.25, -0.2) is 4.79 Å². The number of rotatable bonds is 4. The highest BCUT2D eigenvalue weighted by Crippen LogP contribution is 2.35. The van der Waals surface area contributed by atoms with Gasteiger partial charge in [0.25, 0.3) is 5.91 Å². The summed E-state index contributed by atoms with van der Waals surface area (Å²) in [4.78, 5) is 24.4. The molecular formula is C21H17NO7. The summed E-state index contributed by atoms with van der Waals surface area (Å²) in [7, 11) is 0. The Morgan fingerprint density at radius 1 is 0.966 bits per heavy atom. The number of carbonyl (C=O) groups is 2. The molecule has 29 heavy (non-hydrogen) atoms. The Labute approximate surface area is 165 Å². The fourth-order valence-electron chi connectivity index (χ4n) is 3.02. The maximum atomic E-state index is 12.3. The molecule has 0 unspecified atom stereocenters. The van der Waals surface area contributed by atoms with Crippen molar-refractivity contribution in [1.29, 1.82) is 0 Å². The molecule has 1 aliphatic heterocycles. The second-order valence-electron chi connectivity index (χ2n) is 6.32. The van der Waals surface area contributed by atoms with Crippen molar-refractivity contribution < 1.29 is 34.0 Å². The van der Waals surface area contributed by atoms with Gasteiger partial charge in [0.05, 0.1) is 0 Å². The number of anilines is 1. The van der Waals surface area contributed by atoms with Crippen LogP contribution in [0.1, 0.15) is 10.4 Å². The summed E-state index contributed by atoms with van der Waals surface area (Å²) in [6.07, 6.45) is 0. The Balaban J connectivity index is 1.43. The topological polar surface area (TPSA) is 114 Å². The minimum atomic E-state index is -0.930. The number of hydrogen-bond donors (Lipinski definition) is 3. The number of esters is 1. The largest absolute Gasteiger partial charge is 0.507 e. The van der Waals surface area contributed by atoms with Gasteiger partial charge in [-0.1, -0.05) is 24.3 Å². The smallest absolute Gasteiger partial charge is 0.342 e. The van der Waals surface area contributed by atoms with Gasteiger partial charge in [-0.2, -0.15) is 0 Å². The molecule has 8 nitrogen and oxygen atoms in total. The Kier molecular flexibility index (Phi) is 4.82. The maximum Gasteiger partial charge on any atom is 0.342 e. The van der Waals surface area contributed by atoms with E-state index in [9.17, 15) is 19.8 Å². The molecule has 3 aromatic rings. The molecule has 148 valence electrons. The van der Waals surface area contributed by atoms with Gasteiger partial charge in [0.2, 0.25) is 0 Å². The summed E-state index contributed by atoms with van der Waals surface area (Å²) in [5.41, 5.74) is 0.231. The van der Waals surface area contributed by atoms with Crippen LogP contribution in [0.4, 0.5) is 5.69 Å². The standard InChI is InChI=1S/C21H17NO7/c23-16-10-15(20(25)14-4-2-1-3-13(14)16)21(26)29-11-19(24)22-12-5-6-17-18(9-12)28-8-7-27-17/h1-6,9-10,23,25H,7-8,11H2,(H,22,24). The van der Waals surface area contributed by atoms with E-state index < -0.39 is 18.5 Å². The van der Waals surface area contributed by atoms with Crippen molar-refractivity contribution in [2.75, 3.05) is 25.1 Å². The molecule has 0 fully saturated rings. The van der Waals surface area contributed by atoms with Crippen molar-refractivity contribution in [3.05, 3.63) is 54.1 Å². The maximum absolute atomic E-state index is 12.3. The van der Waals surface area contributed by atoms with Crippen molar-refractivity contribution in [3.8, 4) is 23.0 Å². The number of amides is 1. The minimum absolute atomic E-state index is 0.175. The fourth-order valence-corrected chi connectivity index (χ4v) is 3.02. The zero-order chi connectivity index (χ0) is 20.4. The number of hydrogen-bond acceptors (Lipinski definition) is 7. The predicted octanol–water partition coefficient (Wildman–Crippen LogP) is 2.82. The van der Waals surface area contributed by atoms with Crippen molar-refractivity contribution >= 4 is 28.3 Å². The normalized spacial score (nSPS) is 12.4. The quantitative estimate of drug-likeness (QED) is 0.460. The van der Waals surface area contributed by atoms with E-state index in [1.165, 1.54) is 0 Å². The molecule has 1 aliphatic rings. The Bertz CT molecular complexity index is 1110. The highest BCUT2D eigenvalue weighted by Gasteiger charge is 2.19. The first kappa shape index (κ1) is 18.4. The predicted molar refractivity (Wildman–Crippen MR) is 104 cm³/mol. The second-order valence-corrected chi connectivity index (χ2v) is 6.32. The first-order valence-corrected chi connectivity index (χ1v) is 8.83. The van der Waals surface area contributed by atoms with Crippen LogP contribution >= 0.6 is 0 Å². The van der Waals surface area contributed by atoms with Crippen LogP contribution < -0.4 is 14.8 Å². The molecule has 0 bridgehead atoms. The number of phenolic OH excluding ortho intramolecular Hbond substituents is 2. The minimum Gasteiger partial charge on any atom is -0.507 e. The molecule has 1 heterocycles. The van der Waals surface area contributed by atoms with Crippen LogP contribution in [0, 0.1) is 0 Å². The van der Waals surface area contributed by atoms with Crippen molar-refractivity contribution in [2.24, 2.45) is 0 Å². The number of aromatic hydroxyl groups is 2. The zero-order valence-electron chi connectivity index (χ0n) is 15.2. The third-order valence-corrected chi connectivity index (χ3v) is 4.37. The third-order valence-electron chi connectivity index (χ3n) is 4.37. The number of carbonyl (C=O) groups excluding carboxylic acids is 2. The van der Waals surface area contributed by atoms with Crippen LogP contribution in [-0.4, -0.2) is 41.9 Å². The first-order chi connectivity index (χ1) is 14.0. The Morgan fingerprint density at radius 2 is 1.69 bits per heavy atom. The van der Waals surface area contributed by atoms with Crippen LogP contribution in [0.15, 0.2) is 48.5 Å². The summed E-state index contributed by atoms with van der Waals surface area (Å²) in [5, 5.41) is 23.7. The monoisotopic (exact) mass is 395 g/mol. The van der Waals surface area contributed by atoms with E-state index >= 15 is 0 Å². The molecular weight excluding hydrogens is 378 g/mol. The molecule has 3 aromatic carbocycles. The second kappa shape index (κ2) is 7.59. The Morgan fingerprint density at radius 3 is 2.48 bits per heavy atom. The number of ether oxygens (including phenoxy) is 3. The summed E-state index contributed by atoms with van der Waals surface area (Å²) < 4.78 is 15.8. The van der Waals surface area contributed by atoms with Crippen LogP contribution in [0.5, 0.6) is 23.0 Å². The lowest BCUT2D eigenvalue weighted by Crippen LogP contribution is -2.21. The average Bonchev–Trinajstić information content (AvgIpc) is 2.74. The van der Waals surface area contributed by atoms with Crippen molar-refractivity contribution in [3.63, 3.8) is 0 Å². The molecule has 1 amide bonds.